The molecule has 0 bridgehead atoms. The molecule has 2 heterocycles. The lowest BCUT2D eigenvalue weighted by atomic mass is 10.1. The number of aryl methyl sites for hydroxylation is 1. The molecule has 0 saturated carbocycles. The molecule has 2 aromatic heterocycles. The van der Waals surface area contributed by atoms with Crippen LogP contribution in [-0.2, 0) is 19.5 Å². The van der Waals surface area contributed by atoms with Gasteiger partial charge in [-0.1, -0.05) is 67.6 Å². The Morgan fingerprint density at radius 3 is 2.04 bits per heavy atom. The summed E-state index contributed by atoms with van der Waals surface area (Å²) >= 11 is 0. The highest BCUT2D eigenvalue weighted by Crippen LogP contribution is 2.15. The number of nitrogens with zero attached hydrogens (tertiary/aromatic N) is 3. The highest BCUT2D eigenvalue weighted by molar-refractivity contribution is 5.75. The van der Waals surface area contributed by atoms with Gasteiger partial charge in [0.15, 0.2) is 5.65 Å². The van der Waals surface area contributed by atoms with Crippen LogP contribution < -0.4 is 10.6 Å². The fourth-order valence-electron chi connectivity index (χ4n) is 3.48. The fourth-order valence-corrected chi connectivity index (χ4v) is 3.48. The molecule has 0 unspecified atom stereocenters. The molecular formula is C24H23N3O. The topological polar surface area (TPSA) is 38.1 Å². The third-order valence-corrected chi connectivity index (χ3v) is 4.89. The number of hydrogen-bond donors (Lipinski definition) is 0. The molecule has 0 aliphatic carbocycles. The molecule has 0 radical (unpaired) electrons. The molecule has 0 N–H and O–H groups in total. The zero-order valence-corrected chi connectivity index (χ0v) is 16.0. The second-order valence-corrected chi connectivity index (χ2v) is 6.85. The Morgan fingerprint density at radius 1 is 0.857 bits per heavy atom. The summed E-state index contributed by atoms with van der Waals surface area (Å²) in [5.41, 5.74) is 3.79. The summed E-state index contributed by atoms with van der Waals surface area (Å²) in [4.78, 5) is 17.9. The van der Waals surface area contributed by atoms with Crippen molar-refractivity contribution in [2.75, 3.05) is 5.01 Å². The van der Waals surface area contributed by atoms with Crippen molar-refractivity contribution in [2.24, 2.45) is 0 Å². The monoisotopic (exact) mass is 369 g/mol. The average molecular weight is 369 g/mol. The molecule has 28 heavy (non-hydrogen) atoms. The molecule has 4 nitrogen and oxygen atoms in total. The first-order chi connectivity index (χ1) is 13.8. The molecule has 4 aromatic rings. The van der Waals surface area contributed by atoms with Crippen molar-refractivity contribution < 1.29 is 0 Å². The van der Waals surface area contributed by atoms with E-state index in [0.717, 1.165) is 22.1 Å². The van der Waals surface area contributed by atoms with E-state index < -0.39 is 0 Å². The maximum atomic E-state index is 13.3. The van der Waals surface area contributed by atoms with Crippen molar-refractivity contribution in [2.45, 2.75) is 26.4 Å². The highest BCUT2D eigenvalue weighted by Gasteiger charge is 2.16. The van der Waals surface area contributed by atoms with Crippen LogP contribution in [0.4, 0.5) is 0 Å². The molecule has 0 spiro atoms. The third kappa shape index (κ3) is 3.67. The molecule has 4 rings (SSSR count). The summed E-state index contributed by atoms with van der Waals surface area (Å²) in [5.74, 6) is 0. The van der Waals surface area contributed by atoms with Gasteiger partial charge in [-0.15, -0.1) is 0 Å². The Labute approximate surface area is 164 Å². The smallest absolute Gasteiger partial charge is 0.274 e. The van der Waals surface area contributed by atoms with Gasteiger partial charge in [0.25, 0.3) is 5.56 Å². The van der Waals surface area contributed by atoms with Gasteiger partial charge in [0.1, 0.15) is 0 Å². The molecule has 0 atom stereocenters. The van der Waals surface area contributed by atoms with Crippen LogP contribution in [0.1, 0.15) is 23.6 Å². The van der Waals surface area contributed by atoms with E-state index in [2.05, 4.69) is 34.3 Å². The maximum Gasteiger partial charge on any atom is 0.274 e. The second-order valence-electron chi connectivity index (χ2n) is 6.85. The van der Waals surface area contributed by atoms with Crippen molar-refractivity contribution in [3.8, 4) is 0 Å². The zero-order chi connectivity index (χ0) is 19.3. The van der Waals surface area contributed by atoms with Gasteiger partial charge in [-0.25, -0.2) is 9.66 Å². The van der Waals surface area contributed by atoms with Crippen molar-refractivity contribution >= 4 is 11.0 Å². The summed E-state index contributed by atoms with van der Waals surface area (Å²) in [6.07, 6.45) is 2.43. The van der Waals surface area contributed by atoms with E-state index in [1.54, 1.807) is 10.9 Å². The maximum absolute atomic E-state index is 13.3. The largest absolute Gasteiger partial charge is 0.299 e. The van der Waals surface area contributed by atoms with E-state index >= 15 is 0 Å². The van der Waals surface area contributed by atoms with Crippen LogP contribution in [0.25, 0.3) is 11.0 Å². The number of hydrogen-bond acceptors (Lipinski definition) is 3. The first-order valence-corrected chi connectivity index (χ1v) is 9.59. The van der Waals surface area contributed by atoms with E-state index in [-0.39, 0.29) is 5.56 Å². The molecule has 0 aliphatic heterocycles. The number of rotatable bonds is 6. The van der Waals surface area contributed by atoms with Crippen LogP contribution >= 0.6 is 0 Å². The lowest BCUT2D eigenvalue weighted by Gasteiger charge is -2.28. The van der Waals surface area contributed by atoms with E-state index in [0.29, 0.717) is 25.2 Å². The minimum absolute atomic E-state index is 0.000521. The minimum atomic E-state index is 0.000521. The zero-order valence-electron chi connectivity index (χ0n) is 16.0. The molecule has 140 valence electrons. The lowest BCUT2D eigenvalue weighted by Crippen LogP contribution is -2.42. The Kier molecular flexibility index (Phi) is 5.20. The van der Waals surface area contributed by atoms with Crippen molar-refractivity contribution in [1.29, 1.82) is 0 Å². The van der Waals surface area contributed by atoms with Gasteiger partial charge in [-0.05, 0) is 35.7 Å². The van der Waals surface area contributed by atoms with Gasteiger partial charge in [-0.2, -0.15) is 0 Å². The normalized spacial score (nSPS) is 10.9. The molecule has 4 heteroatoms. The van der Waals surface area contributed by atoms with E-state index in [1.165, 1.54) is 0 Å². The van der Waals surface area contributed by atoms with Crippen molar-refractivity contribution in [1.82, 2.24) is 9.66 Å². The van der Waals surface area contributed by atoms with E-state index in [4.69, 9.17) is 0 Å². The van der Waals surface area contributed by atoms with Gasteiger partial charge in [0, 0.05) is 17.1 Å². The first-order valence-electron chi connectivity index (χ1n) is 9.59. The summed E-state index contributed by atoms with van der Waals surface area (Å²) in [5, 5.41) is 3.06. The van der Waals surface area contributed by atoms with E-state index in [1.807, 2.05) is 61.5 Å². The first kappa shape index (κ1) is 18.0. The van der Waals surface area contributed by atoms with Crippen molar-refractivity contribution in [3.63, 3.8) is 0 Å². The quantitative estimate of drug-likeness (QED) is 0.509. The van der Waals surface area contributed by atoms with Crippen LogP contribution in [0.2, 0.25) is 0 Å². The number of fused-ring (bicyclic) bond motifs is 1. The Morgan fingerprint density at radius 2 is 1.46 bits per heavy atom. The van der Waals surface area contributed by atoms with Crippen LogP contribution in [-0.4, -0.2) is 9.66 Å². The number of benzene rings is 2. The standard InChI is InChI=1S/C24H23N3O/c1-2-21-16-22-14-9-15-25-23(22)27(24(21)28)26(17-19-10-5-3-6-11-19)18-20-12-7-4-8-13-20/h3-16H,2,17-18H2,1H3. The Balaban J connectivity index is 1.88. The molecular weight excluding hydrogens is 346 g/mol. The minimum Gasteiger partial charge on any atom is -0.299 e. The van der Waals surface area contributed by atoms with Crippen LogP contribution in [0, 0.1) is 0 Å². The third-order valence-electron chi connectivity index (χ3n) is 4.89. The predicted molar refractivity (Wildman–Crippen MR) is 114 cm³/mol. The van der Waals surface area contributed by atoms with Gasteiger partial charge in [0.2, 0.25) is 0 Å². The summed E-state index contributed by atoms with van der Waals surface area (Å²) in [7, 11) is 0. The molecule has 2 aromatic carbocycles. The molecule has 0 saturated heterocycles. The highest BCUT2D eigenvalue weighted by atomic mass is 16.1. The summed E-state index contributed by atoms with van der Waals surface area (Å²) in [6, 6.07) is 26.3. The molecule has 0 aliphatic rings. The van der Waals surface area contributed by atoms with Gasteiger partial charge in [-0.3, -0.25) is 9.80 Å². The van der Waals surface area contributed by atoms with Gasteiger partial charge in [0.05, 0.1) is 13.1 Å². The van der Waals surface area contributed by atoms with Crippen LogP contribution in [0.3, 0.4) is 0 Å². The Bertz CT molecular complexity index is 1080. The number of aromatic nitrogens is 2. The molecule has 0 fully saturated rings. The van der Waals surface area contributed by atoms with Crippen LogP contribution in [0.5, 0.6) is 0 Å². The van der Waals surface area contributed by atoms with Gasteiger partial charge < -0.3 is 0 Å². The summed E-state index contributed by atoms with van der Waals surface area (Å²) in [6.45, 7) is 3.25. The van der Waals surface area contributed by atoms with Crippen LogP contribution in [0.15, 0.2) is 89.9 Å². The Hall–Kier alpha value is -3.40. The molecule has 0 amide bonds. The summed E-state index contributed by atoms with van der Waals surface area (Å²) < 4.78 is 1.76. The number of pyridine rings is 2. The fraction of sp³-hybridized carbons (Fsp3) is 0.167. The predicted octanol–water partition coefficient (Wildman–Crippen LogP) is 4.30. The van der Waals surface area contributed by atoms with Crippen molar-refractivity contribution in [3.05, 3.63) is 112 Å². The van der Waals surface area contributed by atoms with E-state index in [9.17, 15) is 4.79 Å². The van der Waals surface area contributed by atoms with Gasteiger partial charge >= 0.3 is 0 Å². The average Bonchev–Trinajstić information content (AvgIpc) is 2.74. The lowest BCUT2D eigenvalue weighted by molar-refractivity contribution is 0.569. The SMILES string of the molecule is CCc1cc2cccnc2n(N(Cc2ccccc2)Cc2ccccc2)c1=O. The second kappa shape index (κ2) is 8.09.